The van der Waals surface area contributed by atoms with E-state index in [1.165, 1.54) is 0 Å². The van der Waals surface area contributed by atoms with E-state index >= 15 is 0 Å². The van der Waals surface area contributed by atoms with Gasteiger partial charge in [0.1, 0.15) is 0 Å². The molecule has 0 saturated heterocycles. The fourth-order valence-corrected chi connectivity index (χ4v) is 2.69. The third kappa shape index (κ3) is 1.65. The summed E-state index contributed by atoms with van der Waals surface area (Å²) < 4.78 is 0. The van der Waals surface area contributed by atoms with Crippen LogP contribution in [0.5, 0.6) is 0 Å². The maximum Gasteiger partial charge on any atom is 0.236 e. The molecule has 1 aromatic carbocycles. The van der Waals surface area contributed by atoms with Gasteiger partial charge in [-0.1, -0.05) is 18.2 Å². The number of rotatable bonds is 1. The second-order valence-corrected chi connectivity index (χ2v) is 5.46. The maximum atomic E-state index is 12.2. The van der Waals surface area contributed by atoms with Crippen molar-refractivity contribution in [3.8, 4) is 11.1 Å². The predicted octanol–water partition coefficient (Wildman–Crippen LogP) is 3.00. The summed E-state index contributed by atoms with van der Waals surface area (Å²) >= 11 is 0. The first-order valence-corrected chi connectivity index (χ1v) is 6.35. The zero-order valence-electron chi connectivity index (χ0n) is 11.3. The fraction of sp³-hybridized carbons (Fsp3) is 0.250. The van der Waals surface area contributed by atoms with Gasteiger partial charge in [0.05, 0.1) is 5.41 Å². The minimum Gasteiger partial charge on any atom is -0.314 e. The third-order valence-electron chi connectivity index (χ3n) is 3.87. The van der Waals surface area contributed by atoms with Gasteiger partial charge in [0.25, 0.3) is 0 Å². The van der Waals surface area contributed by atoms with Crippen LogP contribution >= 0.6 is 0 Å². The molecule has 96 valence electrons. The number of pyridine rings is 1. The number of likely N-dealkylation sites (N-methyl/N-ethyl adjacent to an activating group) is 1. The average molecular weight is 252 g/mol. The molecule has 0 aliphatic carbocycles. The molecule has 0 spiro atoms. The van der Waals surface area contributed by atoms with Gasteiger partial charge in [0.15, 0.2) is 0 Å². The number of benzene rings is 1. The normalized spacial score (nSPS) is 16.6. The van der Waals surface area contributed by atoms with Crippen LogP contribution in [-0.4, -0.2) is 17.9 Å². The number of carbonyl (C=O) groups is 1. The Labute approximate surface area is 112 Å². The van der Waals surface area contributed by atoms with Gasteiger partial charge in [-0.05, 0) is 37.1 Å². The lowest BCUT2D eigenvalue weighted by Crippen LogP contribution is -2.33. The van der Waals surface area contributed by atoms with Crippen LogP contribution < -0.4 is 4.90 Å². The van der Waals surface area contributed by atoms with Gasteiger partial charge in [-0.2, -0.15) is 0 Å². The van der Waals surface area contributed by atoms with Crippen molar-refractivity contribution in [2.24, 2.45) is 0 Å². The number of amides is 1. The van der Waals surface area contributed by atoms with Gasteiger partial charge in [-0.25, -0.2) is 0 Å². The van der Waals surface area contributed by atoms with E-state index in [0.717, 1.165) is 22.4 Å². The smallest absolute Gasteiger partial charge is 0.236 e. The van der Waals surface area contributed by atoms with Crippen molar-refractivity contribution in [1.82, 2.24) is 4.98 Å². The second kappa shape index (κ2) is 3.92. The minimum absolute atomic E-state index is 0.144. The fourth-order valence-electron chi connectivity index (χ4n) is 2.69. The molecular formula is C16H16N2O. The van der Waals surface area contributed by atoms with E-state index in [0.29, 0.717) is 0 Å². The van der Waals surface area contributed by atoms with E-state index in [1.807, 2.05) is 39.2 Å². The van der Waals surface area contributed by atoms with Gasteiger partial charge >= 0.3 is 0 Å². The highest BCUT2D eigenvalue weighted by Gasteiger charge is 2.42. The average Bonchev–Trinajstić information content (AvgIpc) is 2.61. The van der Waals surface area contributed by atoms with Crippen molar-refractivity contribution in [3.63, 3.8) is 0 Å². The first-order valence-electron chi connectivity index (χ1n) is 6.35. The minimum atomic E-state index is -0.433. The molecule has 3 nitrogen and oxygen atoms in total. The zero-order valence-corrected chi connectivity index (χ0v) is 11.3. The Morgan fingerprint density at radius 1 is 1.16 bits per heavy atom. The van der Waals surface area contributed by atoms with E-state index in [9.17, 15) is 4.79 Å². The van der Waals surface area contributed by atoms with Crippen molar-refractivity contribution in [1.29, 1.82) is 0 Å². The van der Waals surface area contributed by atoms with Crippen molar-refractivity contribution in [2.45, 2.75) is 19.3 Å². The molecule has 0 fully saturated rings. The molecule has 0 radical (unpaired) electrons. The Bertz CT molecular complexity index is 647. The van der Waals surface area contributed by atoms with Crippen LogP contribution in [-0.2, 0) is 10.2 Å². The quantitative estimate of drug-likeness (QED) is 0.781. The van der Waals surface area contributed by atoms with Gasteiger partial charge in [0, 0.05) is 30.7 Å². The second-order valence-electron chi connectivity index (χ2n) is 5.46. The Morgan fingerprint density at radius 3 is 2.63 bits per heavy atom. The molecule has 3 heteroatoms. The number of aromatic nitrogens is 1. The molecule has 1 amide bonds. The SMILES string of the molecule is CN1C(=O)C(C)(C)c2ccc(-c3cccnc3)cc21. The van der Waals surface area contributed by atoms with Crippen molar-refractivity contribution in [3.05, 3.63) is 48.3 Å². The Hall–Kier alpha value is -2.16. The molecule has 0 unspecified atom stereocenters. The van der Waals surface area contributed by atoms with Crippen molar-refractivity contribution < 1.29 is 4.79 Å². The van der Waals surface area contributed by atoms with E-state index in [2.05, 4.69) is 23.2 Å². The number of hydrogen-bond acceptors (Lipinski definition) is 2. The topological polar surface area (TPSA) is 33.2 Å². The lowest BCUT2D eigenvalue weighted by Gasteiger charge is -2.16. The predicted molar refractivity (Wildman–Crippen MR) is 76.1 cm³/mol. The van der Waals surface area contributed by atoms with E-state index in [4.69, 9.17) is 0 Å². The van der Waals surface area contributed by atoms with Crippen LogP contribution in [0.25, 0.3) is 11.1 Å². The summed E-state index contributed by atoms with van der Waals surface area (Å²) in [4.78, 5) is 18.1. The Kier molecular flexibility index (Phi) is 2.45. The molecule has 0 bridgehead atoms. The number of fused-ring (bicyclic) bond motifs is 1. The molecule has 1 aliphatic heterocycles. The Morgan fingerprint density at radius 2 is 1.95 bits per heavy atom. The molecule has 1 aliphatic rings. The summed E-state index contributed by atoms with van der Waals surface area (Å²) in [6.45, 7) is 3.95. The lowest BCUT2D eigenvalue weighted by molar-refractivity contribution is -0.121. The largest absolute Gasteiger partial charge is 0.314 e. The van der Waals surface area contributed by atoms with Crippen molar-refractivity contribution in [2.75, 3.05) is 11.9 Å². The van der Waals surface area contributed by atoms with Crippen LogP contribution in [0.3, 0.4) is 0 Å². The van der Waals surface area contributed by atoms with Crippen LogP contribution in [0.2, 0.25) is 0 Å². The van der Waals surface area contributed by atoms with E-state index < -0.39 is 5.41 Å². The summed E-state index contributed by atoms with van der Waals surface area (Å²) in [5, 5.41) is 0. The number of anilines is 1. The molecule has 2 heterocycles. The summed E-state index contributed by atoms with van der Waals surface area (Å²) in [6.07, 6.45) is 3.60. The summed E-state index contributed by atoms with van der Waals surface area (Å²) in [6, 6.07) is 10.1. The Balaban J connectivity index is 2.15. The zero-order chi connectivity index (χ0) is 13.6. The molecule has 1 aromatic heterocycles. The third-order valence-corrected chi connectivity index (χ3v) is 3.87. The number of nitrogens with zero attached hydrogens (tertiary/aromatic N) is 2. The van der Waals surface area contributed by atoms with E-state index in [-0.39, 0.29) is 5.91 Å². The monoisotopic (exact) mass is 252 g/mol. The van der Waals surface area contributed by atoms with Crippen LogP contribution in [0, 0.1) is 0 Å². The molecular weight excluding hydrogens is 236 g/mol. The first kappa shape index (κ1) is 11.9. The highest BCUT2D eigenvalue weighted by molar-refractivity contribution is 6.07. The van der Waals surface area contributed by atoms with Crippen LogP contribution in [0.15, 0.2) is 42.7 Å². The van der Waals surface area contributed by atoms with E-state index in [1.54, 1.807) is 11.1 Å². The number of hydrogen-bond donors (Lipinski definition) is 0. The summed E-state index contributed by atoms with van der Waals surface area (Å²) in [5.74, 6) is 0.144. The summed E-state index contributed by atoms with van der Waals surface area (Å²) in [5.41, 5.74) is 3.81. The molecule has 0 N–H and O–H groups in total. The molecule has 2 aromatic rings. The molecule has 3 rings (SSSR count). The molecule has 0 atom stereocenters. The highest BCUT2D eigenvalue weighted by atomic mass is 16.2. The standard InChI is InChI=1S/C16H16N2O/c1-16(2)13-7-6-11(12-5-4-8-17-10-12)9-14(13)18(3)15(16)19/h4-10H,1-3H3. The van der Waals surface area contributed by atoms with Crippen molar-refractivity contribution >= 4 is 11.6 Å². The van der Waals surface area contributed by atoms with Gasteiger partial charge < -0.3 is 4.90 Å². The van der Waals surface area contributed by atoms with Gasteiger partial charge in [0.2, 0.25) is 5.91 Å². The number of carbonyl (C=O) groups excluding carboxylic acids is 1. The van der Waals surface area contributed by atoms with Crippen LogP contribution in [0.4, 0.5) is 5.69 Å². The van der Waals surface area contributed by atoms with Gasteiger partial charge in [-0.3, -0.25) is 9.78 Å². The van der Waals surface area contributed by atoms with Gasteiger partial charge in [-0.15, -0.1) is 0 Å². The van der Waals surface area contributed by atoms with Crippen LogP contribution in [0.1, 0.15) is 19.4 Å². The molecule has 19 heavy (non-hydrogen) atoms. The summed E-state index contributed by atoms with van der Waals surface area (Å²) in [7, 11) is 1.84. The molecule has 0 saturated carbocycles. The lowest BCUT2D eigenvalue weighted by atomic mass is 9.85. The highest BCUT2D eigenvalue weighted by Crippen LogP contribution is 2.42. The first-order chi connectivity index (χ1) is 9.01. The maximum absolute atomic E-state index is 12.2.